The number of hydrogen-bond donors (Lipinski definition) is 0. The van der Waals surface area contributed by atoms with Crippen LogP contribution in [-0.2, 0) is 13.5 Å². The van der Waals surface area contributed by atoms with Crippen molar-refractivity contribution in [2.24, 2.45) is 7.05 Å². The van der Waals surface area contributed by atoms with E-state index in [1.165, 1.54) is 0 Å². The van der Waals surface area contributed by atoms with Crippen LogP contribution in [0.3, 0.4) is 0 Å². The second-order valence-electron chi connectivity index (χ2n) is 5.30. The molecule has 0 aliphatic carbocycles. The van der Waals surface area contributed by atoms with Crippen molar-refractivity contribution in [2.45, 2.75) is 31.6 Å². The molecule has 1 aromatic heterocycles. The minimum Gasteiger partial charge on any atom is -0.265 e. The summed E-state index contributed by atoms with van der Waals surface area (Å²) in [4.78, 5) is 11.0. The Kier molecular flexibility index (Phi) is 4.63. The fourth-order valence-corrected chi connectivity index (χ4v) is 2.63. The van der Waals surface area contributed by atoms with E-state index in [-0.39, 0.29) is 21.9 Å². The Balaban J connectivity index is 2.38. The van der Waals surface area contributed by atoms with E-state index in [4.69, 9.17) is 11.6 Å². The predicted molar refractivity (Wildman–Crippen MR) is 82.7 cm³/mol. The molecule has 0 spiro atoms. The Bertz CT molecular complexity index is 638. The molecule has 0 saturated heterocycles. The SMILES string of the molecule is CC(C)c1nn(C)c(CC(Cl)c2ccccc2)c1[N+](=O)[O-]. The van der Waals surface area contributed by atoms with Gasteiger partial charge in [-0.3, -0.25) is 14.8 Å². The molecule has 1 unspecified atom stereocenters. The average molecular weight is 308 g/mol. The normalized spacial score (nSPS) is 12.6. The first-order valence-electron chi connectivity index (χ1n) is 6.81. The van der Waals surface area contributed by atoms with Gasteiger partial charge in [0.05, 0.1) is 10.3 Å². The summed E-state index contributed by atoms with van der Waals surface area (Å²) in [6.07, 6.45) is 0.373. The van der Waals surface area contributed by atoms with Gasteiger partial charge in [-0.2, -0.15) is 5.10 Å². The smallest absolute Gasteiger partial charge is 0.265 e. The van der Waals surface area contributed by atoms with E-state index in [0.29, 0.717) is 17.8 Å². The Labute approximate surface area is 128 Å². The molecule has 6 heteroatoms. The van der Waals surface area contributed by atoms with Crippen LogP contribution in [0.5, 0.6) is 0 Å². The van der Waals surface area contributed by atoms with Crippen LogP contribution >= 0.6 is 11.6 Å². The average Bonchev–Trinajstić information content (AvgIpc) is 2.77. The van der Waals surface area contributed by atoms with E-state index < -0.39 is 0 Å². The van der Waals surface area contributed by atoms with E-state index in [0.717, 1.165) is 5.56 Å². The van der Waals surface area contributed by atoms with E-state index in [9.17, 15) is 10.1 Å². The molecule has 21 heavy (non-hydrogen) atoms. The number of benzene rings is 1. The van der Waals surface area contributed by atoms with Gasteiger partial charge in [0.25, 0.3) is 0 Å². The fourth-order valence-electron chi connectivity index (χ4n) is 2.34. The molecule has 1 atom stereocenters. The molecular weight excluding hydrogens is 290 g/mol. The summed E-state index contributed by atoms with van der Waals surface area (Å²) in [7, 11) is 1.73. The summed E-state index contributed by atoms with van der Waals surface area (Å²) in [5, 5.41) is 15.4. The minimum atomic E-state index is -0.355. The first-order valence-corrected chi connectivity index (χ1v) is 7.24. The lowest BCUT2D eigenvalue weighted by atomic mass is 10.0. The number of halogens is 1. The van der Waals surface area contributed by atoms with Crippen LogP contribution in [0.1, 0.15) is 42.1 Å². The molecule has 1 heterocycles. The van der Waals surface area contributed by atoms with Crippen molar-refractivity contribution in [3.8, 4) is 0 Å². The van der Waals surface area contributed by atoms with Crippen LogP contribution in [-0.4, -0.2) is 14.7 Å². The van der Waals surface area contributed by atoms with Crippen molar-refractivity contribution in [3.05, 3.63) is 57.4 Å². The zero-order chi connectivity index (χ0) is 15.6. The molecule has 112 valence electrons. The molecule has 0 radical (unpaired) electrons. The van der Waals surface area contributed by atoms with Crippen LogP contribution in [0.2, 0.25) is 0 Å². The maximum Gasteiger partial charge on any atom is 0.313 e. The van der Waals surface area contributed by atoms with Gasteiger partial charge in [0.15, 0.2) is 0 Å². The number of nitrogens with zero attached hydrogens (tertiary/aromatic N) is 3. The van der Waals surface area contributed by atoms with Crippen LogP contribution in [0, 0.1) is 10.1 Å². The van der Waals surface area contributed by atoms with E-state index in [1.54, 1.807) is 11.7 Å². The van der Waals surface area contributed by atoms with E-state index in [2.05, 4.69) is 5.10 Å². The Morgan fingerprint density at radius 2 is 1.95 bits per heavy atom. The van der Waals surface area contributed by atoms with Gasteiger partial charge in [-0.15, -0.1) is 11.6 Å². The van der Waals surface area contributed by atoms with Gasteiger partial charge in [-0.1, -0.05) is 44.2 Å². The number of hydrogen-bond acceptors (Lipinski definition) is 3. The number of aryl methyl sites for hydroxylation is 1. The molecule has 0 fully saturated rings. The van der Waals surface area contributed by atoms with Gasteiger partial charge in [0.1, 0.15) is 11.4 Å². The molecule has 0 bridgehead atoms. The second kappa shape index (κ2) is 6.26. The lowest BCUT2D eigenvalue weighted by Crippen LogP contribution is -2.05. The van der Waals surface area contributed by atoms with Gasteiger partial charge in [-0.25, -0.2) is 0 Å². The van der Waals surface area contributed by atoms with Crippen LogP contribution < -0.4 is 0 Å². The highest BCUT2D eigenvalue weighted by molar-refractivity contribution is 6.20. The number of alkyl halides is 1. The summed E-state index contributed by atoms with van der Waals surface area (Å²) in [6.45, 7) is 3.79. The number of nitro groups is 1. The molecule has 5 nitrogen and oxygen atoms in total. The molecule has 1 aromatic carbocycles. The quantitative estimate of drug-likeness (QED) is 0.477. The third kappa shape index (κ3) is 3.24. The Morgan fingerprint density at radius 1 is 1.33 bits per heavy atom. The zero-order valence-corrected chi connectivity index (χ0v) is 13.0. The van der Waals surface area contributed by atoms with Crippen LogP contribution in [0.4, 0.5) is 5.69 Å². The Hall–Kier alpha value is -1.88. The van der Waals surface area contributed by atoms with E-state index >= 15 is 0 Å². The first-order chi connectivity index (χ1) is 9.91. The Morgan fingerprint density at radius 3 is 2.48 bits per heavy atom. The maximum absolute atomic E-state index is 11.4. The van der Waals surface area contributed by atoms with Crippen molar-refractivity contribution in [3.63, 3.8) is 0 Å². The third-order valence-electron chi connectivity index (χ3n) is 3.43. The largest absolute Gasteiger partial charge is 0.313 e. The summed E-state index contributed by atoms with van der Waals surface area (Å²) < 4.78 is 1.58. The van der Waals surface area contributed by atoms with Crippen molar-refractivity contribution >= 4 is 17.3 Å². The minimum absolute atomic E-state index is 0.00384. The monoisotopic (exact) mass is 307 g/mol. The lowest BCUT2D eigenvalue weighted by molar-refractivity contribution is -0.386. The van der Waals surface area contributed by atoms with Crippen molar-refractivity contribution in [1.29, 1.82) is 0 Å². The number of aromatic nitrogens is 2. The molecular formula is C15H18ClN3O2. The van der Waals surface area contributed by atoms with Gasteiger partial charge < -0.3 is 0 Å². The van der Waals surface area contributed by atoms with Gasteiger partial charge >= 0.3 is 5.69 Å². The first kappa shape index (κ1) is 15.5. The van der Waals surface area contributed by atoms with Crippen molar-refractivity contribution in [1.82, 2.24) is 9.78 Å². The molecule has 0 saturated carbocycles. The van der Waals surface area contributed by atoms with Gasteiger partial charge in [-0.05, 0) is 5.56 Å². The topological polar surface area (TPSA) is 61.0 Å². The number of rotatable bonds is 5. The summed E-state index contributed by atoms with van der Waals surface area (Å²) in [5.41, 5.74) is 2.11. The van der Waals surface area contributed by atoms with Crippen LogP contribution in [0.15, 0.2) is 30.3 Å². The standard InChI is InChI=1S/C15H18ClN3O2/c1-10(2)14-15(19(20)21)13(18(3)17-14)9-12(16)11-7-5-4-6-8-11/h4-8,10,12H,9H2,1-3H3. The molecule has 0 amide bonds. The maximum atomic E-state index is 11.4. The summed E-state index contributed by atoms with van der Waals surface area (Å²) >= 11 is 6.41. The van der Waals surface area contributed by atoms with Crippen LogP contribution in [0.25, 0.3) is 0 Å². The molecule has 2 aromatic rings. The highest BCUT2D eigenvalue weighted by atomic mass is 35.5. The fraction of sp³-hybridized carbons (Fsp3) is 0.400. The highest BCUT2D eigenvalue weighted by Crippen LogP contribution is 2.33. The predicted octanol–water partition coefficient (Wildman–Crippen LogP) is 3.97. The highest BCUT2D eigenvalue weighted by Gasteiger charge is 2.29. The molecule has 0 aliphatic rings. The van der Waals surface area contributed by atoms with Gasteiger partial charge in [0, 0.05) is 19.4 Å². The summed E-state index contributed by atoms with van der Waals surface area (Å²) in [6, 6.07) is 9.56. The molecule has 0 aliphatic heterocycles. The van der Waals surface area contributed by atoms with E-state index in [1.807, 2.05) is 44.2 Å². The van der Waals surface area contributed by atoms with Crippen molar-refractivity contribution < 1.29 is 4.92 Å². The lowest BCUT2D eigenvalue weighted by Gasteiger charge is -2.09. The van der Waals surface area contributed by atoms with Crippen molar-refractivity contribution in [2.75, 3.05) is 0 Å². The second-order valence-corrected chi connectivity index (χ2v) is 5.83. The summed E-state index contributed by atoms with van der Waals surface area (Å²) in [5.74, 6) is -0.00384. The third-order valence-corrected chi connectivity index (χ3v) is 3.83. The van der Waals surface area contributed by atoms with Gasteiger partial charge in [0.2, 0.25) is 0 Å². The molecule has 2 rings (SSSR count). The zero-order valence-electron chi connectivity index (χ0n) is 12.3. The molecule has 0 N–H and O–H groups in total.